The summed E-state index contributed by atoms with van der Waals surface area (Å²) in [4.78, 5) is 4.63. The number of benzene rings is 7. The van der Waals surface area contributed by atoms with Gasteiger partial charge in [0.25, 0.3) is 0 Å². The molecule has 0 amide bonds. The summed E-state index contributed by atoms with van der Waals surface area (Å²) in [7, 11) is 0. The summed E-state index contributed by atoms with van der Waals surface area (Å²) in [6, 6.07) is 54.4. The molecule has 0 aliphatic rings. The fourth-order valence-corrected chi connectivity index (χ4v) is 9.28. The summed E-state index contributed by atoms with van der Waals surface area (Å²) >= 11 is 1.85. The number of nitrogens with zero attached hydrogens (tertiary/aromatic N) is 2. The molecule has 0 spiro atoms. The van der Waals surface area contributed by atoms with Crippen LogP contribution < -0.4 is 0 Å². The molecule has 0 N–H and O–H groups in total. The molecule has 0 aliphatic carbocycles. The van der Waals surface area contributed by atoms with Gasteiger partial charge in [0.05, 0.1) is 11.0 Å². The molecule has 12 rings (SSSR count). The zero-order valence-electron chi connectivity index (χ0n) is 27.6. The molecule has 0 unspecified atom stereocenters. The van der Waals surface area contributed by atoms with Crippen LogP contribution in [-0.2, 0) is 0 Å². The van der Waals surface area contributed by atoms with E-state index in [4.69, 9.17) is 8.83 Å². The minimum atomic E-state index is 0.800. The Bertz CT molecular complexity index is 3430. The smallest absolute Gasteiger partial charge is 0.153 e. The Morgan fingerprint density at radius 3 is 1.83 bits per heavy atom. The predicted octanol–water partition coefficient (Wildman–Crippen LogP) is 13.7. The van der Waals surface area contributed by atoms with Crippen molar-refractivity contribution in [1.29, 1.82) is 0 Å². The lowest BCUT2D eigenvalue weighted by Gasteiger charge is -2.09. The monoisotopic (exact) mass is 682 g/mol. The fraction of sp³-hybridized carbons (Fsp3) is 0. The molecule has 52 heavy (non-hydrogen) atoms. The largest absolute Gasteiger partial charge is 0.456 e. The van der Waals surface area contributed by atoms with Crippen LogP contribution in [0.4, 0.5) is 0 Å². The first kappa shape index (κ1) is 28.1. The van der Waals surface area contributed by atoms with Crippen LogP contribution in [0.15, 0.2) is 167 Å². The molecule has 5 heterocycles. The van der Waals surface area contributed by atoms with Crippen LogP contribution in [0.5, 0.6) is 0 Å². The number of thiophene rings is 1. The van der Waals surface area contributed by atoms with Gasteiger partial charge < -0.3 is 13.4 Å². The Balaban J connectivity index is 0.994. The summed E-state index contributed by atoms with van der Waals surface area (Å²) in [6.45, 7) is 0. The second-order valence-electron chi connectivity index (χ2n) is 13.6. The van der Waals surface area contributed by atoms with Crippen molar-refractivity contribution in [1.82, 2.24) is 9.55 Å². The Morgan fingerprint density at radius 2 is 1.00 bits per heavy atom. The van der Waals surface area contributed by atoms with Gasteiger partial charge in [-0.15, -0.1) is 11.3 Å². The number of rotatable bonds is 3. The molecular formula is C47H26N2O2S. The molecule has 12 aromatic rings. The van der Waals surface area contributed by atoms with Crippen molar-refractivity contribution in [3.8, 4) is 27.9 Å². The predicted molar refractivity (Wildman–Crippen MR) is 217 cm³/mol. The molecule has 0 saturated carbocycles. The van der Waals surface area contributed by atoms with Crippen molar-refractivity contribution in [2.24, 2.45) is 0 Å². The highest BCUT2D eigenvalue weighted by molar-refractivity contribution is 7.25. The van der Waals surface area contributed by atoms with Crippen molar-refractivity contribution >= 4 is 97.3 Å². The van der Waals surface area contributed by atoms with E-state index >= 15 is 0 Å². The Morgan fingerprint density at radius 1 is 0.404 bits per heavy atom. The average Bonchev–Trinajstić information content (AvgIpc) is 3.95. The molecule has 5 aromatic heterocycles. The van der Waals surface area contributed by atoms with Gasteiger partial charge in [-0.2, -0.15) is 0 Å². The topological polar surface area (TPSA) is 44.1 Å². The molecule has 4 nitrogen and oxygen atoms in total. The zero-order chi connectivity index (χ0) is 33.9. The van der Waals surface area contributed by atoms with Gasteiger partial charge in [-0.3, -0.25) is 4.98 Å². The molecule has 0 fully saturated rings. The van der Waals surface area contributed by atoms with Gasteiger partial charge in [0.1, 0.15) is 22.3 Å². The summed E-state index contributed by atoms with van der Waals surface area (Å²) in [6.07, 6.45) is 1.82. The van der Waals surface area contributed by atoms with Gasteiger partial charge in [-0.25, -0.2) is 0 Å². The van der Waals surface area contributed by atoms with E-state index in [1.807, 2.05) is 29.7 Å². The Hall–Kier alpha value is -6.69. The maximum Gasteiger partial charge on any atom is 0.153 e. The summed E-state index contributed by atoms with van der Waals surface area (Å²) in [5.74, 6) is 0. The zero-order valence-corrected chi connectivity index (χ0v) is 28.4. The average molecular weight is 683 g/mol. The lowest BCUT2D eigenvalue weighted by molar-refractivity contribution is 0.668. The van der Waals surface area contributed by atoms with Crippen LogP contribution >= 0.6 is 11.3 Å². The van der Waals surface area contributed by atoms with Gasteiger partial charge in [-0.1, -0.05) is 60.7 Å². The van der Waals surface area contributed by atoms with E-state index in [1.165, 1.54) is 42.1 Å². The van der Waals surface area contributed by atoms with E-state index in [0.717, 1.165) is 71.9 Å². The van der Waals surface area contributed by atoms with Crippen molar-refractivity contribution < 1.29 is 8.83 Å². The first-order chi connectivity index (χ1) is 25.7. The standard InChI is InChI=1S/C47H26N2O2S/c1-3-8-39-32(6-1)34-22-27(11-16-40(34)49(39)31-15-19-43-38(26-31)47-44(51-43)9-5-21-48-47)28-12-17-41-35(23-28)36-24-29(13-18-42(36)50-41)30-14-20-46-37(25-30)33-7-2-4-10-45(33)52-46/h1-26H. The van der Waals surface area contributed by atoms with Gasteiger partial charge in [0.15, 0.2) is 5.58 Å². The van der Waals surface area contributed by atoms with Crippen LogP contribution in [0.25, 0.3) is 114 Å². The van der Waals surface area contributed by atoms with E-state index in [2.05, 4.69) is 149 Å². The van der Waals surface area contributed by atoms with Crippen molar-refractivity contribution in [3.05, 3.63) is 158 Å². The van der Waals surface area contributed by atoms with E-state index in [1.54, 1.807) is 0 Å². The fourth-order valence-electron chi connectivity index (χ4n) is 8.20. The maximum absolute atomic E-state index is 6.37. The van der Waals surface area contributed by atoms with Crippen LogP contribution in [-0.4, -0.2) is 9.55 Å². The summed E-state index contributed by atoms with van der Waals surface area (Å²) in [5.41, 5.74) is 12.4. The molecule has 0 radical (unpaired) electrons. The third-order valence-corrected chi connectivity index (χ3v) is 11.8. The molecule has 0 bridgehead atoms. The number of aromatic nitrogens is 2. The summed E-state index contributed by atoms with van der Waals surface area (Å²) in [5, 5.41) is 8.30. The first-order valence-corrected chi connectivity index (χ1v) is 18.2. The van der Waals surface area contributed by atoms with Crippen molar-refractivity contribution in [2.75, 3.05) is 0 Å². The lowest BCUT2D eigenvalue weighted by Crippen LogP contribution is -1.93. The Kier molecular flexibility index (Phi) is 5.62. The van der Waals surface area contributed by atoms with Crippen LogP contribution in [0.2, 0.25) is 0 Å². The van der Waals surface area contributed by atoms with Gasteiger partial charge in [0.2, 0.25) is 0 Å². The molecule has 242 valence electrons. The lowest BCUT2D eigenvalue weighted by atomic mass is 9.98. The highest BCUT2D eigenvalue weighted by Gasteiger charge is 2.17. The van der Waals surface area contributed by atoms with E-state index < -0.39 is 0 Å². The van der Waals surface area contributed by atoms with E-state index in [0.29, 0.717) is 0 Å². The number of fused-ring (bicyclic) bond motifs is 12. The minimum Gasteiger partial charge on any atom is -0.456 e. The second-order valence-corrected chi connectivity index (χ2v) is 14.6. The maximum atomic E-state index is 6.37. The molecule has 0 aliphatic heterocycles. The first-order valence-electron chi connectivity index (χ1n) is 17.4. The summed E-state index contributed by atoms with van der Waals surface area (Å²) < 4.78 is 17.4. The van der Waals surface area contributed by atoms with Gasteiger partial charge >= 0.3 is 0 Å². The number of hydrogen-bond acceptors (Lipinski definition) is 4. The number of furan rings is 2. The van der Waals surface area contributed by atoms with Crippen molar-refractivity contribution in [2.45, 2.75) is 0 Å². The quantitative estimate of drug-likeness (QED) is 0.186. The normalized spacial score (nSPS) is 12.2. The van der Waals surface area contributed by atoms with Crippen LogP contribution in [0, 0.1) is 0 Å². The van der Waals surface area contributed by atoms with Crippen LogP contribution in [0.3, 0.4) is 0 Å². The molecular weight excluding hydrogens is 657 g/mol. The number of hydrogen-bond donors (Lipinski definition) is 0. The molecule has 5 heteroatoms. The number of pyridine rings is 1. The minimum absolute atomic E-state index is 0.800. The highest BCUT2D eigenvalue weighted by Crippen LogP contribution is 2.41. The highest BCUT2D eigenvalue weighted by atomic mass is 32.1. The third kappa shape index (κ3) is 3.99. The van der Waals surface area contributed by atoms with Gasteiger partial charge in [0, 0.05) is 59.0 Å². The third-order valence-electron chi connectivity index (χ3n) is 10.7. The van der Waals surface area contributed by atoms with Crippen LogP contribution in [0.1, 0.15) is 0 Å². The SMILES string of the molecule is c1cnc2c(c1)oc1ccc(-n3c4ccccc4c4cc(-c5ccc6oc7ccc(-c8ccc9sc%10ccccc%10c9c8)cc7c6c5)ccc43)cc12. The Labute approximate surface area is 300 Å². The molecule has 0 atom stereocenters. The van der Waals surface area contributed by atoms with Gasteiger partial charge in [-0.05, 0) is 113 Å². The van der Waals surface area contributed by atoms with Crippen molar-refractivity contribution in [3.63, 3.8) is 0 Å². The molecule has 7 aromatic carbocycles. The van der Waals surface area contributed by atoms with E-state index in [-0.39, 0.29) is 0 Å². The number of para-hydroxylation sites is 1. The van der Waals surface area contributed by atoms with E-state index in [9.17, 15) is 0 Å². The second kappa shape index (κ2) is 10.4. The molecule has 0 saturated heterocycles.